The van der Waals surface area contributed by atoms with Crippen molar-refractivity contribution in [3.05, 3.63) is 76.7 Å². The molecule has 0 aliphatic carbocycles. The standard InChI is InChI=1S/C22H23N5O2/c1-22(2,3)16-8-6-14(7-9-16)20(28)24-19-17-12-27(13-18(17)25-26-19)21(29)15-5-4-10-23-11-15/h4-11H,12-13H2,1-3H3,(H2,24,25,26,28). The van der Waals surface area contributed by atoms with Crippen molar-refractivity contribution in [1.82, 2.24) is 20.1 Å². The van der Waals surface area contributed by atoms with Crippen LogP contribution in [0.4, 0.5) is 5.82 Å². The summed E-state index contributed by atoms with van der Waals surface area (Å²) < 4.78 is 0. The number of aromatic nitrogens is 3. The third-order valence-electron chi connectivity index (χ3n) is 5.09. The number of hydrogen-bond donors (Lipinski definition) is 2. The number of hydrogen-bond acceptors (Lipinski definition) is 4. The largest absolute Gasteiger partial charge is 0.328 e. The van der Waals surface area contributed by atoms with Crippen LogP contribution in [0, 0.1) is 0 Å². The highest BCUT2D eigenvalue weighted by atomic mass is 16.2. The maximum atomic E-state index is 12.7. The van der Waals surface area contributed by atoms with Crippen molar-refractivity contribution in [1.29, 1.82) is 0 Å². The first kappa shape index (κ1) is 18.9. The minimum absolute atomic E-state index is 0.0312. The number of benzene rings is 1. The van der Waals surface area contributed by atoms with Crippen LogP contribution in [0.2, 0.25) is 0 Å². The van der Waals surface area contributed by atoms with Crippen LogP contribution in [0.3, 0.4) is 0 Å². The summed E-state index contributed by atoms with van der Waals surface area (Å²) in [6.07, 6.45) is 3.18. The van der Waals surface area contributed by atoms with E-state index in [1.165, 1.54) is 5.56 Å². The smallest absolute Gasteiger partial charge is 0.256 e. The van der Waals surface area contributed by atoms with E-state index in [-0.39, 0.29) is 17.2 Å². The molecule has 7 heteroatoms. The first-order chi connectivity index (χ1) is 13.8. The van der Waals surface area contributed by atoms with E-state index >= 15 is 0 Å². The van der Waals surface area contributed by atoms with Crippen LogP contribution in [0.25, 0.3) is 0 Å². The fourth-order valence-electron chi connectivity index (χ4n) is 3.36. The molecule has 2 aromatic heterocycles. The molecule has 1 aliphatic heterocycles. The van der Waals surface area contributed by atoms with Gasteiger partial charge in [-0.05, 0) is 35.2 Å². The lowest BCUT2D eigenvalue weighted by atomic mass is 9.87. The number of rotatable bonds is 3. The summed E-state index contributed by atoms with van der Waals surface area (Å²) in [4.78, 5) is 31.0. The Labute approximate surface area is 169 Å². The van der Waals surface area contributed by atoms with E-state index in [1.807, 2.05) is 24.3 Å². The number of amides is 2. The fourth-order valence-corrected chi connectivity index (χ4v) is 3.36. The van der Waals surface area contributed by atoms with Gasteiger partial charge in [0.15, 0.2) is 0 Å². The maximum Gasteiger partial charge on any atom is 0.256 e. The predicted molar refractivity (Wildman–Crippen MR) is 109 cm³/mol. The molecule has 0 spiro atoms. The Morgan fingerprint density at radius 1 is 1.07 bits per heavy atom. The Morgan fingerprint density at radius 3 is 2.48 bits per heavy atom. The molecule has 0 radical (unpaired) electrons. The average molecular weight is 389 g/mol. The molecule has 1 aromatic carbocycles. The first-order valence-electron chi connectivity index (χ1n) is 9.50. The molecule has 3 aromatic rings. The topological polar surface area (TPSA) is 91.0 Å². The molecule has 0 unspecified atom stereocenters. The van der Waals surface area contributed by atoms with E-state index in [4.69, 9.17) is 0 Å². The SMILES string of the molecule is CC(C)(C)c1ccc(C(=O)Nc2[nH]nc3c2CN(C(=O)c2cccnc2)C3)cc1. The third kappa shape index (κ3) is 3.76. The number of aromatic amines is 1. The molecule has 0 fully saturated rings. The van der Waals surface area contributed by atoms with Gasteiger partial charge in [-0.25, -0.2) is 0 Å². The zero-order chi connectivity index (χ0) is 20.6. The molecule has 29 heavy (non-hydrogen) atoms. The molecule has 7 nitrogen and oxygen atoms in total. The van der Waals surface area contributed by atoms with Crippen LogP contribution in [0.15, 0.2) is 48.8 Å². The summed E-state index contributed by atoms with van der Waals surface area (Å²) >= 11 is 0. The summed E-state index contributed by atoms with van der Waals surface area (Å²) in [7, 11) is 0. The predicted octanol–water partition coefficient (Wildman–Crippen LogP) is 3.51. The van der Waals surface area contributed by atoms with Gasteiger partial charge < -0.3 is 10.2 Å². The molecule has 4 rings (SSSR count). The van der Waals surface area contributed by atoms with Gasteiger partial charge in [-0.2, -0.15) is 5.10 Å². The second-order valence-electron chi connectivity index (χ2n) is 8.21. The van der Waals surface area contributed by atoms with Crippen LogP contribution in [0.1, 0.15) is 58.3 Å². The Morgan fingerprint density at radius 2 is 1.83 bits per heavy atom. The van der Waals surface area contributed by atoms with E-state index in [2.05, 4.69) is 41.3 Å². The molecule has 2 N–H and O–H groups in total. The number of anilines is 1. The van der Waals surface area contributed by atoms with Gasteiger partial charge in [0.25, 0.3) is 11.8 Å². The summed E-state index contributed by atoms with van der Waals surface area (Å²) in [5, 5.41) is 10.0. The van der Waals surface area contributed by atoms with Crippen LogP contribution in [-0.2, 0) is 18.5 Å². The highest BCUT2D eigenvalue weighted by Gasteiger charge is 2.29. The molecular weight excluding hydrogens is 366 g/mol. The van der Waals surface area contributed by atoms with Gasteiger partial charge in [0, 0.05) is 23.5 Å². The lowest BCUT2D eigenvalue weighted by Crippen LogP contribution is -2.26. The highest BCUT2D eigenvalue weighted by Crippen LogP contribution is 2.29. The zero-order valence-corrected chi connectivity index (χ0v) is 16.7. The Bertz CT molecular complexity index is 1050. The highest BCUT2D eigenvalue weighted by molar-refractivity contribution is 6.04. The van der Waals surface area contributed by atoms with Crippen molar-refractivity contribution >= 4 is 17.6 Å². The monoisotopic (exact) mass is 389 g/mol. The van der Waals surface area contributed by atoms with Crippen molar-refractivity contribution in [2.45, 2.75) is 39.3 Å². The van der Waals surface area contributed by atoms with Crippen molar-refractivity contribution in [2.75, 3.05) is 5.32 Å². The van der Waals surface area contributed by atoms with Crippen molar-refractivity contribution < 1.29 is 9.59 Å². The molecule has 3 heterocycles. The summed E-state index contributed by atoms with van der Waals surface area (Å²) in [5.74, 6) is 0.214. The number of fused-ring (bicyclic) bond motifs is 1. The van der Waals surface area contributed by atoms with Crippen LogP contribution < -0.4 is 5.32 Å². The second-order valence-corrected chi connectivity index (χ2v) is 8.21. The second kappa shape index (κ2) is 7.16. The van der Waals surface area contributed by atoms with Crippen molar-refractivity contribution in [3.63, 3.8) is 0 Å². The van der Waals surface area contributed by atoms with Gasteiger partial charge in [0.05, 0.1) is 24.3 Å². The lowest BCUT2D eigenvalue weighted by molar-refractivity contribution is 0.0749. The fraction of sp³-hybridized carbons (Fsp3) is 0.273. The minimum Gasteiger partial charge on any atom is -0.328 e. The molecule has 0 saturated heterocycles. The summed E-state index contributed by atoms with van der Waals surface area (Å²) in [6, 6.07) is 11.1. The number of H-pyrrole nitrogens is 1. The maximum absolute atomic E-state index is 12.7. The van der Waals surface area contributed by atoms with E-state index in [0.29, 0.717) is 30.0 Å². The number of nitrogens with one attached hydrogen (secondary N) is 2. The Hall–Kier alpha value is -3.48. The van der Waals surface area contributed by atoms with E-state index in [9.17, 15) is 9.59 Å². The quantitative estimate of drug-likeness (QED) is 0.717. The number of nitrogens with zero attached hydrogens (tertiary/aromatic N) is 3. The van der Waals surface area contributed by atoms with Crippen LogP contribution >= 0.6 is 0 Å². The van der Waals surface area contributed by atoms with Gasteiger partial charge in [0.1, 0.15) is 5.82 Å². The zero-order valence-electron chi connectivity index (χ0n) is 16.7. The van der Waals surface area contributed by atoms with Crippen molar-refractivity contribution in [2.24, 2.45) is 0 Å². The van der Waals surface area contributed by atoms with Gasteiger partial charge in [-0.1, -0.05) is 32.9 Å². The molecular formula is C22H23N5O2. The van der Waals surface area contributed by atoms with Crippen molar-refractivity contribution in [3.8, 4) is 0 Å². The van der Waals surface area contributed by atoms with Crippen LogP contribution in [-0.4, -0.2) is 31.9 Å². The Kier molecular flexibility index (Phi) is 4.66. The molecule has 1 aliphatic rings. The van der Waals surface area contributed by atoms with Gasteiger partial charge in [0.2, 0.25) is 0 Å². The molecule has 0 atom stereocenters. The van der Waals surface area contributed by atoms with E-state index in [1.54, 1.807) is 29.4 Å². The lowest BCUT2D eigenvalue weighted by Gasteiger charge is -2.19. The third-order valence-corrected chi connectivity index (χ3v) is 5.09. The van der Waals surface area contributed by atoms with Crippen LogP contribution in [0.5, 0.6) is 0 Å². The number of carbonyl (C=O) groups excluding carboxylic acids is 2. The molecule has 2 amide bonds. The molecule has 0 saturated carbocycles. The van der Waals surface area contributed by atoms with Gasteiger partial charge in [-0.3, -0.25) is 19.7 Å². The van der Waals surface area contributed by atoms with E-state index < -0.39 is 0 Å². The van der Waals surface area contributed by atoms with Gasteiger partial charge in [-0.15, -0.1) is 0 Å². The summed E-state index contributed by atoms with van der Waals surface area (Å²) in [6.45, 7) is 7.19. The minimum atomic E-state index is -0.214. The average Bonchev–Trinajstić information content (AvgIpc) is 3.29. The number of carbonyl (C=O) groups is 2. The molecule has 0 bridgehead atoms. The summed E-state index contributed by atoms with van der Waals surface area (Å²) in [5.41, 5.74) is 3.90. The number of pyridine rings is 1. The normalized spacial score (nSPS) is 13.3. The van der Waals surface area contributed by atoms with E-state index in [0.717, 1.165) is 11.3 Å². The van der Waals surface area contributed by atoms with Gasteiger partial charge >= 0.3 is 0 Å². The molecule has 148 valence electrons. The Balaban J connectivity index is 1.47. The first-order valence-corrected chi connectivity index (χ1v) is 9.50.